The molecule has 3 aliphatic rings. The van der Waals surface area contributed by atoms with Crippen LogP contribution in [0.3, 0.4) is 0 Å². The number of rotatable bonds is 4. The lowest BCUT2D eigenvalue weighted by Gasteiger charge is -2.37. The van der Waals surface area contributed by atoms with E-state index in [4.69, 9.17) is 28.4 Å². The maximum atomic E-state index is 12.8. The molecule has 30 heavy (non-hydrogen) atoms. The molecule has 4 atom stereocenters. The van der Waals surface area contributed by atoms with Crippen LogP contribution in [0.1, 0.15) is 35.4 Å². The van der Waals surface area contributed by atoms with Gasteiger partial charge in [-0.25, -0.2) is 0 Å². The maximum absolute atomic E-state index is 12.8. The third kappa shape index (κ3) is 2.61. The molecule has 5 rings (SSSR count). The van der Waals surface area contributed by atoms with Crippen LogP contribution < -0.4 is 23.7 Å². The highest BCUT2D eigenvalue weighted by atomic mass is 16.7. The van der Waals surface area contributed by atoms with Crippen molar-refractivity contribution in [2.75, 3.05) is 34.7 Å². The second kappa shape index (κ2) is 7.00. The Balaban J connectivity index is 1.74. The monoisotopic (exact) mass is 412 g/mol. The fraction of sp³-hybridized carbons (Fsp3) is 0.435. The fourth-order valence-electron chi connectivity index (χ4n) is 5.12. The lowest BCUT2D eigenvalue weighted by molar-refractivity contribution is -0.141. The highest BCUT2D eigenvalue weighted by molar-refractivity contribution is 5.79. The third-order valence-electron chi connectivity index (χ3n) is 6.60. The number of esters is 1. The molecule has 2 aromatic carbocycles. The van der Waals surface area contributed by atoms with Crippen molar-refractivity contribution in [2.24, 2.45) is 11.8 Å². The van der Waals surface area contributed by atoms with Crippen LogP contribution in [0.25, 0.3) is 0 Å². The molecule has 0 radical (unpaired) electrons. The summed E-state index contributed by atoms with van der Waals surface area (Å²) in [6, 6.07) is 7.88. The molecule has 1 saturated heterocycles. The number of hydrogen-bond donors (Lipinski definition) is 0. The minimum absolute atomic E-state index is 0.0782. The second-order valence-electron chi connectivity index (χ2n) is 7.88. The standard InChI is InChI=1S/C23H24O7/c1-11-13-7-16-17(30-10-29-16)8-14(13)20(21-15(11)9-28-23(21)24)12-5-18(25-2)22(27-4)19(6-12)26-3/h5-8,11,15,20-21H,9-10H2,1-4H3/t11?,15-,20-,21+/m1/s1. The molecule has 0 N–H and O–H groups in total. The van der Waals surface area contributed by atoms with Crippen LogP contribution in [-0.2, 0) is 9.53 Å². The Kier molecular flexibility index (Phi) is 4.41. The zero-order chi connectivity index (χ0) is 21.0. The van der Waals surface area contributed by atoms with E-state index in [1.165, 1.54) is 0 Å². The Morgan fingerprint density at radius 2 is 1.50 bits per heavy atom. The maximum Gasteiger partial charge on any atom is 0.310 e. The number of methoxy groups -OCH3 is 3. The molecule has 2 aliphatic heterocycles. The Labute approximate surface area is 174 Å². The predicted molar refractivity (Wildman–Crippen MR) is 107 cm³/mol. The lowest BCUT2D eigenvalue weighted by Crippen LogP contribution is -2.33. The zero-order valence-corrected chi connectivity index (χ0v) is 17.4. The van der Waals surface area contributed by atoms with Gasteiger partial charge < -0.3 is 28.4 Å². The molecule has 7 nitrogen and oxygen atoms in total. The number of benzene rings is 2. The number of cyclic esters (lactones) is 1. The van der Waals surface area contributed by atoms with E-state index in [0.717, 1.165) is 22.4 Å². The zero-order valence-electron chi connectivity index (χ0n) is 17.4. The molecular weight excluding hydrogens is 388 g/mol. The Morgan fingerprint density at radius 1 is 0.867 bits per heavy atom. The molecule has 2 aromatic rings. The summed E-state index contributed by atoms with van der Waals surface area (Å²) in [5.74, 6) is 2.61. The SMILES string of the molecule is COc1cc([C@@H]2c3cc4c(cc3C(C)[C@H]3COC(=O)[C@H]23)OCO4)cc(OC)c1OC. The highest BCUT2D eigenvalue weighted by Gasteiger charge is 2.51. The Hall–Kier alpha value is -3.09. The van der Waals surface area contributed by atoms with Crippen LogP contribution in [-0.4, -0.2) is 40.7 Å². The number of carbonyl (C=O) groups is 1. The van der Waals surface area contributed by atoms with Crippen LogP contribution in [0, 0.1) is 11.8 Å². The van der Waals surface area contributed by atoms with Gasteiger partial charge in [-0.3, -0.25) is 4.79 Å². The number of hydrogen-bond acceptors (Lipinski definition) is 7. The molecule has 0 bridgehead atoms. The first-order valence-corrected chi connectivity index (χ1v) is 9.97. The molecule has 158 valence electrons. The summed E-state index contributed by atoms with van der Waals surface area (Å²) < 4.78 is 33.4. The van der Waals surface area contributed by atoms with Gasteiger partial charge in [0.25, 0.3) is 0 Å². The van der Waals surface area contributed by atoms with Crippen molar-refractivity contribution in [3.63, 3.8) is 0 Å². The molecule has 7 heteroatoms. The summed E-state index contributed by atoms with van der Waals surface area (Å²) in [7, 11) is 4.74. The lowest BCUT2D eigenvalue weighted by atomic mass is 9.63. The summed E-state index contributed by atoms with van der Waals surface area (Å²) in [4.78, 5) is 12.8. The topological polar surface area (TPSA) is 72.5 Å². The summed E-state index contributed by atoms with van der Waals surface area (Å²) in [5, 5.41) is 0. The van der Waals surface area contributed by atoms with E-state index < -0.39 is 0 Å². The van der Waals surface area contributed by atoms with Crippen molar-refractivity contribution in [1.29, 1.82) is 0 Å². The molecule has 1 aliphatic carbocycles. The number of carbonyl (C=O) groups excluding carboxylic acids is 1. The van der Waals surface area contributed by atoms with E-state index >= 15 is 0 Å². The van der Waals surface area contributed by atoms with Gasteiger partial charge in [-0.2, -0.15) is 0 Å². The first-order valence-electron chi connectivity index (χ1n) is 9.97. The first kappa shape index (κ1) is 18.9. The van der Waals surface area contributed by atoms with Gasteiger partial charge in [0, 0.05) is 11.8 Å². The molecule has 0 saturated carbocycles. The predicted octanol–water partition coefficient (Wildman–Crippen LogP) is 3.48. The van der Waals surface area contributed by atoms with Crippen LogP contribution in [0.5, 0.6) is 28.7 Å². The summed E-state index contributed by atoms with van der Waals surface area (Å²) in [5.41, 5.74) is 3.10. The normalized spacial score (nSPS) is 25.9. The average molecular weight is 412 g/mol. The minimum Gasteiger partial charge on any atom is -0.493 e. The first-order chi connectivity index (χ1) is 14.6. The van der Waals surface area contributed by atoms with E-state index in [9.17, 15) is 4.79 Å². The van der Waals surface area contributed by atoms with Crippen molar-refractivity contribution < 1.29 is 33.2 Å². The second-order valence-corrected chi connectivity index (χ2v) is 7.88. The van der Waals surface area contributed by atoms with Crippen LogP contribution in [0.2, 0.25) is 0 Å². The van der Waals surface area contributed by atoms with Gasteiger partial charge in [0.15, 0.2) is 23.0 Å². The largest absolute Gasteiger partial charge is 0.493 e. The van der Waals surface area contributed by atoms with Crippen molar-refractivity contribution in [3.05, 3.63) is 41.0 Å². The summed E-state index contributed by atoms with van der Waals surface area (Å²) in [6.45, 7) is 2.77. The summed E-state index contributed by atoms with van der Waals surface area (Å²) in [6.07, 6.45) is 0. The van der Waals surface area contributed by atoms with Crippen molar-refractivity contribution >= 4 is 5.97 Å². The quantitative estimate of drug-likeness (QED) is 0.712. The van der Waals surface area contributed by atoms with E-state index in [1.807, 2.05) is 24.3 Å². The van der Waals surface area contributed by atoms with Crippen LogP contribution in [0.4, 0.5) is 0 Å². The van der Waals surface area contributed by atoms with Crippen molar-refractivity contribution in [2.45, 2.75) is 18.8 Å². The average Bonchev–Trinajstić information content (AvgIpc) is 3.38. The van der Waals surface area contributed by atoms with Gasteiger partial charge in [0.1, 0.15) is 0 Å². The molecule has 0 amide bonds. The van der Waals surface area contributed by atoms with Gasteiger partial charge in [-0.15, -0.1) is 0 Å². The molecule has 0 spiro atoms. The van der Waals surface area contributed by atoms with Gasteiger partial charge in [0.05, 0.1) is 33.9 Å². The number of ether oxygens (including phenoxy) is 6. The van der Waals surface area contributed by atoms with Crippen molar-refractivity contribution in [1.82, 2.24) is 0 Å². The molecule has 0 aromatic heterocycles. The van der Waals surface area contributed by atoms with Crippen LogP contribution >= 0.6 is 0 Å². The van der Waals surface area contributed by atoms with Gasteiger partial charge >= 0.3 is 5.97 Å². The van der Waals surface area contributed by atoms with Gasteiger partial charge in [-0.05, 0) is 46.9 Å². The van der Waals surface area contributed by atoms with E-state index in [-0.39, 0.29) is 36.4 Å². The van der Waals surface area contributed by atoms with E-state index in [2.05, 4.69) is 6.92 Å². The third-order valence-corrected chi connectivity index (χ3v) is 6.60. The van der Waals surface area contributed by atoms with Gasteiger partial charge in [0.2, 0.25) is 12.5 Å². The molecule has 1 fully saturated rings. The smallest absolute Gasteiger partial charge is 0.310 e. The Bertz CT molecular complexity index is 990. The van der Waals surface area contributed by atoms with Gasteiger partial charge in [-0.1, -0.05) is 6.92 Å². The number of fused-ring (bicyclic) bond motifs is 3. The highest BCUT2D eigenvalue weighted by Crippen LogP contribution is 2.56. The molecule has 1 unspecified atom stereocenters. The minimum atomic E-state index is -0.296. The molecular formula is C23H24O7. The van der Waals surface area contributed by atoms with E-state index in [0.29, 0.717) is 29.6 Å². The summed E-state index contributed by atoms with van der Waals surface area (Å²) >= 11 is 0. The Morgan fingerprint density at radius 3 is 2.10 bits per heavy atom. The van der Waals surface area contributed by atoms with Crippen molar-refractivity contribution in [3.8, 4) is 28.7 Å². The fourth-order valence-corrected chi connectivity index (χ4v) is 5.12. The molecule has 2 heterocycles. The van der Waals surface area contributed by atoms with E-state index in [1.54, 1.807) is 21.3 Å². The van der Waals surface area contributed by atoms with Crippen LogP contribution in [0.15, 0.2) is 24.3 Å².